The van der Waals surface area contributed by atoms with Crippen molar-refractivity contribution in [2.75, 3.05) is 25.0 Å². The highest BCUT2D eigenvalue weighted by molar-refractivity contribution is 7.09. The number of hydrogen-bond donors (Lipinski definition) is 2. The average molecular weight is 349 g/mol. The Balaban J connectivity index is 1.61. The second-order valence-electron chi connectivity index (χ2n) is 6.05. The third-order valence-electron chi connectivity index (χ3n) is 4.10. The minimum Gasteiger partial charge on any atom is -0.372 e. The van der Waals surface area contributed by atoms with Crippen LogP contribution >= 0.6 is 11.3 Å². The summed E-state index contributed by atoms with van der Waals surface area (Å²) in [6.45, 7) is 2.68. The van der Waals surface area contributed by atoms with Gasteiger partial charge in [-0.15, -0.1) is 11.3 Å². The van der Waals surface area contributed by atoms with Crippen molar-refractivity contribution in [3.8, 4) is 0 Å². The number of thiophene rings is 1. The van der Waals surface area contributed by atoms with Crippen molar-refractivity contribution in [3.63, 3.8) is 0 Å². The molecule has 1 saturated heterocycles. The normalized spacial score (nSPS) is 18.5. The first-order valence-electron chi connectivity index (χ1n) is 8.22. The highest BCUT2D eigenvalue weighted by Crippen LogP contribution is 2.12. The molecule has 1 aromatic heterocycles. The minimum absolute atomic E-state index is 0.176. The van der Waals surface area contributed by atoms with E-state index in [4.69, 9.17) is 4.74 Å². The molecule has 0 radical (unpaired) electrons. The van der Waals surface area contributed by atoms with E-state index in [1.165, 1.54) is 10.9 Å². The summed E-state index contributed by atoms with van der Waals surface area (Å²) in [4.78, 5) is 14.7. The van der Waals surface area contributed by atoms with Crippen LogP contribution in [0.15, 0.2) is 41.8 Å². The molecule has 1 amide bonds. The van der Waals surface area contributed by atoms with Gasteiger partial charge in [0.25, 0.3) is 5.91 Å². The van der Waals surface area contributed by atoms with Crippen molar-refractivity contribution >= 4 is 22.9 Å². The molecular formula is C18H22FN2O2S+. The fraction of sp³-hybridized carbons (Fsp3) is 0.389. The highest BCUT2D eigenvalue weighted by atomic mass is 32.1. The van der Waals surface area contributed by atoms with Gasteiger partial charge in [0.15, 0.2) is 6.54 Å². The van der Waals surface area contributed by atoms with E-state index in [1.54, 1.807) is 29.5 Å². The fourth-order valence-electron chi connectivity index (χ4n) is 2.98. The van der Waals surface area contributed by atoms with Gasteiger partial charge in [-0.1, -0.05) is 18.2 Å². The van der Waals surface area contributed by atoms with Gasteiger partial charge in [-0.05, 0) is 36.4 Å². The zero-order valence-corrected chi connectivity index (χ0v) is 14.3. The molecule has 2 aromatic rings. The molecule has 24 heavy (non-hydrogen) atoms. The van der Waals surface area contributed by atoms with Crippen LogP contribution in [0.1, 0.15) is 17.7 Å². The van der Waals surface area contributed by atoms with Crippen molar-refractivity contribution in [1.29, 1.82) is 0 Å². The lowest BCUT2D eigenvalue weighted by atomic mass is 10.2. The number of nitrogens with one attached hydrogen (secondary N) is 2. The quantitative estimate of drug-likeness (QED) is 0.804. The lowest BCUT2D eigenvalue weighted by molar-refractivity contribution is -0.908. The molecule has 0 bridgehead atoms. The number of anilines is 1. The molecule has 2 heterocycles. The van der Waals surface area contributed by atoms with Crippen molar-refractivity contribution < 1.29 is 18.8 Å². The molecule has 128 valence electrons. The van der Waals surface area contributed by atoms with E-state index in [2.05, 4.69) is 11.4 Å². The van der Waals surface area contributed by atoms with Crippen LogP contribution in [0.5, 0.6) is 0 Å². The molecule has 1 unspecified atom stereocenters. The Morgan fingerprint density at radius 1 is 1.33 bits per heavy atom. The highest BCUT2D eigenvalue weighted by Gasteiger charge is 2.24. The summed E-state index contributed by atoms with van der Waals surface area (Å²) in [5.74, 6) is -0.588. The molecule has 6 heteroatoms. The van der Waals surface area contributed by atoms with Crippen LogP contribution in [-0.4, -0.2) is 31.7 Å². The molecule has 0 saturated carbocycles. The van der Waals surface area contributed by atoms with Crippen LogP contribution in [0.25, 0.3) is 0 Å². The van der Waals surface area contributed by atoms with E-state index in [-0.39, 0.29) is 17.7 Å². The predicted octanol–water partition coefficient (Wildman–Crippen LogP) is 2.09. The maximum absolute atomic E-state index is 13.7. The number of halogens is 1. The first-order valence-corrected chi connectivity index (χ1v) is 9.10. The van der Waals surface area contributed by atoms with Gasteiger partial charge in [-0.3, -0.25) is 4.79 Å². The van der Waals surface area contributed by atoms with E-state index in [1.807, 2.05) is 11.4 Å². The van der Waals surface area contributed by atoms with Gasteiger partial charge >= 0.3 is 0 Å². The maximum atomic E-state index is 13.7. The van der Waals surface area contributed by atoms with E-state index >= 15 is 0 Å². The number of para-hydroxylation sites is 1. The van der Waals surface area contributed by atoms with E-state index in [0.29, 0.717) is 6.54 Å². The Morgan fingerprint density at radius 3 is 2.92 bits per heavy atom. The van der Waals surface area contributed by atoms with Crippen molar-refractivity contribution in [3.05, 3.63) is 52.5 Å². The van der Waals surface area contributed by atoms with E-state index < -0.39 is 5.82 Å². The van der Waals surface area contributed by atoms with Crippen LogP contribution in [0.4, 0.5) is 10.1 Å². The lowest BCUT2D eigenvalue weighted by Crippen LogP contribution is -3.12. The van der Waals surface area contributed by atoms with Gasteiger partial charge < -0.3 is 15.0 Å². The molecule has 2 N–H and O–H groups in total. The second kappa shape index (κ2) is 8.37. The van der Waals surface area contributed by atoms with Crippen LogP contribution in [0, 0.1) is 5.82 Å². The first-order chi connectivity index (χ1) is 11.7. The number of amides is 1. The molecule has 1 aliphatic heterocycles. The summed E-state index contributed by atoms with van der Waals surface area (Å²) in [6, 6.07) is 10.3. The lowest BCUT2D eigenvalue weighted by Gasteiger charge is -2.21. The molecule has 1 aliphatic rings. The van der Waals surface area contributed by atoms with Gasteiger partial charge in [-0.2, -0.15) is 0 Å². The van der Waals surface area contributed by atoms with Crippen LogP contribution < -0.4 is 10.2 Å². The Labute approximate surface area is 145 Å². The minimum atomic E-state index is -0.412. The third kappa shape index (κ3) is 4.87. The summed E-state index contributed by atoms with van der Waals surface area (Å²) < 4.78 is 19.4. The van der Waals surface area contributed by atoms with Gasteiger partial charge in [0.05, 0.1) is 10.6 Å². The van der Waals surface area contributed by atoms with Gasteiger partial charge in [-0.25, -0.2) is 4.39 Å². The summed E-state index contributed by atoms with van der Waals surface area (Å²) in [6.07, 6.45) is 2.34. The predicted molar refractivity (Wildman–Crippen MR) is 92.7 cm³/mol. The first kappa shape index (κ1) is 17.1. The van der Waals surface area contributed by atoms with Gasteiger partial charge in [0.2, 0.25) is 0 Å². The molecule has 0 aliphatic carbocycles. The summed E-state index contributed by atoms with van der Waals surface area (Å²) >= 11 is 1.69. The number of quaternary nitrogens is 1. The average Bonchev–Trinajstić information content (AvgIpc) is 3.23. The monoisotopic (exact) mass is 349 g/mol. The maximum Gasteiger partial charge on any atom is 0.279 e. The largest absolute Gasteiger partial charge is 0.372 e. The number of carbonyl (C=O) groups is 1. The Kier molecular flexibility index (Phi) is 5.96. The molecule has 4 nitrogen and oxygen atoms in total. The number of rotatable bonds is 7. The second-order valence-corrected chi connectivity index (χ2v) is 7.08. The number of ether oxygens (including phenoxy) is 1. The molecule has 0 spiro atoms. The zero-order chi connectivity index (χ0) is 16.8. The summed E-state index contributed by atoms with van der Waals surface area (Å²) in [7, 11) is 0. The van der Waals surface area contributed by atoms with E-state index in [9.17, 15) is 9.18 Å². The van der Waals surface area contributed by atoms with Crippen molar-refractivity contribution in [2.45, 2.75) is 25.5 Å². The Morgan fingerprint density at radius 2 is 2.21 bits per heavy atom. The third-order valence-corrected chi connectivity index (χ3v) is 4.98. The Bertz CT molecular complexity index is 657. The summed E-state index contributed by atoms with van der Waals surface area (Å²) in [5.41, 5.74) is 0.232. The fourth-order valence-corrected chi connectivity index (χ4v) is 3.75. The molecule has 1 aromatic carbocycles. The summed E-state index contributed by atoms with van der Waals surface area (Å²) in [5, 5.41) is 4.71. The zero-order valence-electron chi connectivity index (χ0n) is 13.5. The van der Waals surface area contributed by atoms with Gasteiger partial charge in [0, 0.05) is 6.61 Å². The molecule has 1 fully saturated rings. The van der Waals surface area contributed by atoms with Crippen molar-refractivity contribution in [1.82, 2.24) is 0 Å². The van der Waals surface area contributed by atoms with Crippen molar-refractivity contribution in [2.24, 2.45) is 0 Å². The topological polar surface area (TPSA) is 42.8 Å². The SMILES string of the molecule is O=C(C[NH+](Cc1cccs1)C[C@H]1CCCO1)Nc1ccccc1F. The van der Waals surface area contributed by atoms with Gasteiger partial charge in [0.1, 0.15) is 25.0 Å². The van der Waals surface area contributed by atoms with Crippen LogP contribution in [0.3, 0.4) is 0 Å². The smallest absolute Gasteiger partial charge is 0.279 e. The standard InChI is InChI=1S/C18H21FN2O2S/c19-16-7-1-2-8-17(16)20-18(22)13-21(11-14-5-3-9-23-14)12-15-6-4-10-24-15/h1-2,4,6-8,10,14H,3,5,9,11-13H2,(H,20,22)/p+1/t14-/m1/s1. The molecular weight excluding hydrogens is 327 g/mol. The Hall–Kier alpha value is -1.76. The van der Waals surface area contributed by atoms with Crippen LogP contribution in [0.2, 0.25) is 0 Å². The number of hydrogen-bond acceptors (Lipinski definition) is 3. The van der Waals surface area contributed by atoms with E-state index in [0.717, 1.165) is 37.4 Å². The molecule has 3 rings (SSSR count). The number of carbonyl (C=O) groups excluding carboxylic acids is 1. The number of benzene rings is 1. The van der Waals surface area contributed by atoms with Crippen LogP contribution in [-0.2, 0) is 16.1 Å². The molecule has 2 atom stereocenters.